The van der Waals surface area contributed by atoms with Gasteiger partial charge >= 0.3 is 18.2 Å². The van der Waals surface area contributed by atoms with Crippen LogP contribution in [-0.4, -0.2) is 58.9 Å². The van der Waals surface area contributed by atoms with Gasteiger partial charge in [-0.1, -0.05) is 48.5 Å². The summed E-state index contributed by atoms with van der Waals surface area (Å²) in [6, 6.07) is 13.2. The number of carboxylic acid groups (broad SMARTS) is 1. The minimum Gasteiger partial charge on any atom is -0.480 e. The van der Waals surface area contributed by atoms with Crippen LogP contribution in [0.2, 0.25) is 0 Å². The van der Waals surface area contributed by atoms with Crippen LogP contribution in [0.1, 0.15) is 43.2 Å². The van der Waals surface area contributed by atoms with Gasteiger partial charge in [0, 0.05) is 12.5 Å². The molecule has 0 saturated carbocycles. The third-order valence-corrected chi connectivity index (χ3v) is 6.74. The number of likely N-dealkylation sites (tertiary alicyclic amines) is 1. The molecule has 2 aliphatic rings. The quantitative estimate of drug-likeness (QED) is 0.629. The van der Waals surface area contributed by atoms with Crippen LogP contribution < -0.4 is 5.32 Å². The third-order valence-electron chi connectivity index (χ3n) is 6.74. The summed E-state index contributed by atoms with van der Waals surface area (Å²) in [6.45, 7) is 1.14. The molecule has 2 aromatic rings. The van der Waals surface area contributed by atoms with Gasteiger partial charge in [-0.05, 0) is 42.0 Å². The number of halogens is 3. The van der Waals surface area contributed by atoms with E-state index in [4.69, 9.17) is 4.74 Å². The molecule has 1 fully saturated rings. The van der Waals surface area contributed by atoms with Gasteiger partial charge in [0.1, 0.15) is 18.2 Å². The summed E-state index contributed by atoms with van der Waals surface area (Å²) in [5.74, 6) is -2.72. The Labute approximate surface area is 199 Å². The zero-order valence-corrected chi connectivity index (χ0v) is 19.0. The summed E-state index contributed by atoms with van der Waals surface area (Å²) in [7, 11) is 0. The summed E-state index contributed by atoms with van der Waals surface area (Å²) < 4.78 is 45.0. The Kier molecular flexibility index (Phi) is 6.48. The molecule has 35 heavy (non-hydrogen) atoms. The van der Waals surface area contributed by atoms with Crippen molar-refractivity contribution in [3.63, 3.8) is 0 Å². The summed E-state index contributed by atoms with van der Waals surface area (Å²) in [4.78, 5) is 38.1. The number of nitrogens with zero attached hydrogens (tertiary/aromatic N) is 1. The van der Waals surface area contributed by atoms with Crippen LogP contribution in [0.4, 0.5) is 18.0 Å². The number of hydrogen-bond donors (Lipinski definition) is 2. The lowest BCUT2D eigenvalue weighted by Gasteiger charge is -2.34. The van der Waals surface area contributed by atoms with E-state index in [2.05, 4.69) is 0 Å². The Balaban J connectivity index is 1.48. The first-order valence-electron chi connectivity index (χ1n) is 11.2. The fraction of sp³-hybridized carbons (Fsp3) is 0.400. The number of alkyl halides is 3. The first-order valence-corrected chi connectivity index (χ1v) is 11.2. The van der Waals surface area contributed by atoms with Crippen LogP contribution in [-0.2, 0) is 14.3 Å². The van der Waals surface area contributed by atoms with E-state index < -0.39 is 42.1 Å². The molecule has 1 heterocycles. The number of carboxylic acids is 1. The van der Waals surface area contributed by atoms with E-state index in [9.17, 15) is 32.7 Å². The van der Waals surface area contributed by atoms with Gasteiger partial charge in [-0.15, -0.1) is 0 Å². The Bertz CT molecular complexity index is 1110. The number of ether oxygens (including phenoxy) is 1. The summed E-state index contributed by atoms with van der Waals surface area (Å²) in [5, 5.41) is 11.6. The highest BCUT2D eigenvalue weighted by Gasteiger charge is 2.49. The maximum Gasteiger partial charge on any atom is 0.407 e. The Morgan fingerprint density at radius 2 is 1.69 bits per heavy atom. The average Bonchev–Trinajstić information content (AvgIpc) is 3.35. The van der Waals surface area contributed by atoms with Crippen molar-refractivity contribution in [3.05, 3.63) is 59.7 Å². The highest BCUT2D eigenvalue weighted by atomic mass is 19.4. The van der Waals surface area contributed by atoms with Crippen molar-refractivity contribution in [2.45, 2.75) is 49.9 Å². The summed E-state index contributed by atoms with van der Waals surface area (Å²) in [5.41, 5.74) is 2.20. The number of nitrogens with one attached hydrogen (secondary N) is 1. The van der Waals surface area contributed by atoms with Crippen molar-refractivity contribution < 1.29 is 37.4 Å². The standard InChI is InChI=1S/C25H25F3N2O5/c1-24(22(32)33)11-6-12-30(24)21(31)20(13-25(26,27)28)29-23(34)35-14-19-17-9-4-2-7-15(17)16-8-3-5-10-18(16)19/h2-5,7-10,19-20H,6,11-14H2,1H3,(H,29,34)(H,32,33)/t20?,24-/m0/s1. The largest absolute Gasteiger partial charge is 0.480 e. The van der Waals surface area contributed by atoms with Gasteiger partial charge in [0.15, 0.2) is 0 Å². The zero-order valence-electron chi connectivity index (χ0n) is 19.0. The highest BCUT2D eigenvalue weighted by Crippen LogP contribution is 2.44. The van der Waals surface area contributed by atoms with Crippen LogP contribution in [0.15, 0.2) is 48.5 Å². The lowest BCUT2D eigenvalue weighted by molar-refractivity contribution is -0.162. The number of hydrogen-bond acceptors (Lipinski definition) is 4. The molecule has 0 bridgehead atoms. The third kappa shape index (κ3) is 4.82. The molecule has 1 unspecified atom stereocenters. The number of carbonyl (C=O) groups excluding carboxylic acids is 2. The van der Waals surface area contributed by atoms with Crippen molar-refractivity contribution in [1.82, 2.24) is 10.2 Å². The lowest BCUT2D eigenvalue weighted by Crippen LogP contribution is -2.57. The van der Waals surface area contributed by atoms with Crippen LogP contribution in [0.5, 0.6) is 0 Å². The topological polar surface area (TPSA) is 95.9 Å². The van der Waals surface area contributed by atoms with Gasteiger partial charge in [0.2, 0.25) is 5.91 Å². The predicted molar refractivity (Wildman–Crippen MR) is 120 cm³/mol. The molecule has 1 saturated heterocycles. The van der Waals surface area contributed by atoms with Crippen molar-refractivity contribution >= 4 is 18.0 Å². The summed E-state index contributed by atoms with van der Waals surface area (Å²) >= 11 is 0. The maximum absolute atomic E-state index is 13.2. The predicted octanol–water partition coefficient (Wildman–Crippen LogP) is 4.31. The van der Waals surface area contributed by atoms with Crippen molar-refractivity contribution in [2.24, 2.45) is 0 Å². The van der Waals surface area contributed by atoms with Gasteiger partial charge in [-0.3, -0.25) is 4.79 Å². The second-order valence-corrected chi connectivity index (χ2v) is 9.01. The Morgan fingerprint density at radius 3 is 2.23 bits per heavy atom. The molecule has 2 amide bonds. The van der Waals surface area contributed by atoms with Gasteiger partial charge in [0.25, 0.3) is 0 Å². The van der Waals surface area contributed by atoms with Gasteiger partial charge in [-0.25, -0.2) is 9.59 Å². The molecule has 1 aliphatic heterocycles. The molecule has 7 nitrogen and oxygen atoms in total. The molecule has 2 N–H and O–H groups in total. The van der Waals surface area contributed by atoms with Crippen molar-refractivity contribution in [1.29, 1.82) is 0 Å². The van der Waals surface area contributed by atoms with E-state index in [0.717, 1.165) is 27.2 Å². The maximum atomic E-state index is 13.2. The van der Waals surface area contributed by atoms with E-state index in [1.54, 1.807) is 0 Å². The zero-order chi connectivity index (χ0) is 25.4. The Morgan fingerprint density at radius 1 is 1.11 bits per heavy atom. The molecule has 10 heteroatoms. The van der Waals surface area contributed by atoms with E-state index in [0.29, 0.717) is 6.42 Å². The number of alkyl carbamates (subject to hydrolysis) is 1. The van der Waals surface area contributed by atoms with Crippen LogP contribution >= 0.6 is 0 Å². The van der Waals surface area contributed by atoms with Gasteiger partial charge in [0.05, 0.1) is 6.42 Å². The molecule has 0 aromatic heterocycles. The fourth-order valence-corrected chi connectivity index (χ4v) is 4.94. The number of amides is 2. The van der Waals surface area contributed by atoms with Crippen LogP contribution in [0.3, 0.4) is 0 Å². The minimum atomic E-state index is -4.77. The van der Waals surface area contributed by atoms with E-state index in [1.165, 1.54) is 6.92 Å². The number of aliphatic carboxylic acids is 1. The smallest absolute Gasteiger partial charge is 0.407 e. The van der Waals surface area contributed by atoms with E-state index in [-0.39, 0.29) is 25.5 Å². The second-order valence-electron chi connectivity index (χ2n) is 9.01. The van der Waals surface area contributed by atoms with Gasteiger partial charge < -0.3 is 20.1 Å². The lowest BCUT2D eigenvalue weighted by atomic mass is 9.98. The molecule has 2 atom stereocenters. The Hall–Kier alpha value is -3.56. The molecule has 2 aromatic carbocycles. The van der Waals surface area contributed by atoms with Crippen molar-refractivity contribution in [3.8, 4) is 11.1 Å². The number of carbonyl (C=O) groups is 3. The van der Waals surface area contributed by atoms with Crippen LogP contribution in [0, 0.1) is 0 Å². The average molecular weight is 490 g/mol. The molecule has 1 aliphatic carbocycles. The highest BCUT2D eigenvalue weighted by molar-refractivity contribution is 5.91. The molecule has 186 valence electrons. The minimum absolute atomic E-state index is 0.0115. The molecule has 0 radical (unpaired) electrons. The monoisotopic (exact) mass is 490 g/mol. The molecule has 0 spiro atoms. The summed E-state index contributed by atoms with van der Waals surface area (Å²) in [6.07, 6.45) is -7.14. The number of rotatable bonds is 6. The van der Waals surface area contributed by atoms with E-state index in [1.807, 2.05) is 53.8 Å². The molecular formula is C25H25F3N2O5. The molecular weight excluding hydrogens is 465 g/mol. The second kappa shape index (κ2) is 9.24. The number of fused-ring (bicyclic) bond motifs is 3. The SMILES string of the molecule is C[C@@]1(C(=O)O)CCCN1C(=O)C(CC(F)(F)F)NC(=O)OCC1c2ccccc2-c2ccccc21. The fourth-order valence-electron chi connectivity index (χ4n) is 4.94. The number of benzene rings is 2. The van der Waals surface area contributed by atoms with Crippen molar-refractivity contribution in [2.75, 3.05) is 13.2 Å². The van der Waals surface area contributed by atoms with Gasteiger partial charge in [-0.2, -0.15) is 13.2 Å². The van der Waals surface area contributed by atoms with E-state index >= 15 is 0 Å². The van der Waals surface area contributed by atoms with Crippen LogP contribution in [0.25, 0.3) is 11.1 Å². The normalized spacial score (nSPS) is 20.2. The first-order chi connectivity index (χ1) is 16.5. The first kappa shape index (κ1) is 24.6. The molecule has 4 rings (SSSR count).